The number of ether oxygens (including phenoxy) is 1. The monoisotopic (exact) mass is 500 g/mol. The smallest absolute Gasteiger partial charge is 0.236 e. The molecular formula is C25H30ClFN6O2. The van der Waals surface area contributed by atoms with Crippen molar-refractivity contribution in [1.29, 1.82) is 0 Å². The first kappa shape index (κ1) is 25.1. The Morgan fingerprint density at radius 1 is 1.23 bits per heavy atom. The van der Waals surface area contributed by atoms with Gasteiger partial charge in [0.25, 0.3) is 0 Å². The number of rotatable bonds is 8. The van der Waals surface area contributed by atoms with Crippen LogP contribution in [0.5, 0.6) is 5.75 Å². The van der Waals surface area contributed by atoms with Crippen molar-refractivity contribution >= 4 is 39.9 Å². The highest BCUT2D eigenvalue weighted by molar-refractivity contribution is 6.31. The first-order valence-electron chi connectivity index (χ1n) is 11.6. The van der Waals surface area contributed by atoms with Crippen LogP contribution in [0, 0.1) is 5.82 Å². The number of piperidine rings is 1. The molecule has 0 bridgehead atoms. The second kappa shape index (κ2) is 11.2. The molecule has 0 spiro atoms. The van der Waals surface area contributed by atoms with Crippen LogP contribution >= 0.6 is 11.6 Å². The molecule has 8 nitrogen and oxygen atoms in total. The second-order valence-corrected chi connectivity index (χ2v) is 9.36. The second-order valence-electron chi connectivity index (χ2n) is 8.95. The van der Waals surface area contributed by atoms with Crippen molar-refractivity contribution in [2.45, 2.75) is 25.5 Å². The molecule has 2 heterocycles. The number of carbonyl (C=O) groups is 1. The van der Waals surface area contributed by atoms with Gasteiger partial charge in [0.05, 0.1) is 22.8 Å². The summed E-state index contributed by atoms with van der Waals surface area (Å²) in [5, 5.41) is 7.14. The molecule has 2 N–H and O–H groups in total. The first-order chi connectivity index (χ1) is 16.8. The number of fused-ring (bicyclic) bond motifs is 1. The Balaban J connectivity index is 1.70. The third-order valence-corrected chi connectivity index (χ3v) is 6.24. The zero-order valence-electron chi connectivity index (χ0n) is 20.1. The molecule has 0 atom stereocenters. The van der Waals surface area contributed by atoms with E-state index in [1.54, 1.807) is 31.1 Å². The fraction of sp³-hybridized carbons (Fsp3) is 0.400. The average Bonchev–Trinajstić information content (AvgIpc) is 2.83. The van der Waals surface area contributed by atoms with Crippen LogP contribution in [0.25, 0.3) is 10.9 Å². The Bertz CT molecular complexity index is 1200. The summed E-state index contributed by atoms with van der Waals surface area (Å²) in [6.45, 7) is 2.57. The summed E-state index contributed by atoms with van der Waals surface area (Å²) in [5.41, 5.74) is 1.79. The number of likely N-dealkylation sites (N-methyl/N-ethyl adjacent to an activating group) is 2. The number of anilines is 2. The van der Waals surface area contributed by atoms with Gasteiger partial charge in [0.1, 0.15) is 24.0 Å². The zero-order chi connectivity index (χ0) is 24.9. The van der Waals surface area contributed by atoms with Gasteiger partial charge in [-0.2, -0.15) is 0 Å². The molecule has 3 aromatic rings. The predicted molar refractivity (Wildman–Crippen MR) is 136 cm³/mol. The molecule has 1 fully saturated rings. The molecule has 10 heteroatoms. The van der Waals surface area contributed by atoms with Crippen molar-refractivity contribution in [3.8, 4) is 5.75 Å². The molecule has 1 aliphatic heterocycles. The van der Waals surface area contributed by atoms with Crippen LogP contribution in [0.15, 0.2) is 36.7 Å². The molecule has 2 aromatic carbocycles. The summed E-state index contributed by atoms with van der Waals surface area (Å²) in [6.07, 6.45) is 3.36. The number of amides is 1. The van der Waals surface area contributed by atoms with Crippen LogP contribution in [0.2, 0.25) is 5.02 Å². The SMILES string of the molecule is CN(CC(=O)N(C)C)Cc1cc2c(Nc3cccc(Cl)c3F)ncnc2cc1OC1CCNCC1. The Hall–Kier alpha value is -3.01. The minimum Gasteiger partial charge on any atom is -0.490 e. The van der Waals surface area contributed by atoms with E-state index in [1.807, 2.05) is 24.1 Å². The van der Waals surface area contributed by atoms with Crippen molar-refractivity contribution in [3.63, 3.8) is 0 Å². The molecule has 1 aliphatic rings. The molecular weight excluding hydrogens is 471 g/mol. The summed E-state index contributed by atoms with van der Waals surface area (Å²) in [5.74, 6) is 0.648. The summed E-state index contributed by atoms with van der Waals surface area (Å²) in [6, 6.07) is 8.62. The fourth-order valence-corrected chi connectivity index (χ4v) is 4.18. The highest BCUT2D eigenvalue weighted by atomic mass is 35.5. The Labute approximate surface area is 209 Å². The van der Waals surface area contributed by atoms with Gasteiger partial charge in [-0.15, -0.1) is 0 Å². The van der Waals surface area contributed by atoms with Crippen molar-refractivity contribution < 1.29 is 13.9 Å². The van der Waals surface area contributed by atoms with E-state index in [0.29, 0.717) is 23.3 Å². The minimum atomic E-state index is -0.547. The Morgan fingerprint density at radius 2 is 2.00 bits per heavy atom. The van der Waals surface area contributed by atoms with Gasteiger partial charge < -0.3 is 20.3 Å². The molecule has 0 saturated carbocycles. The zero-order valence-corrected chi connectivity index (χ0v) is 20.9. The lowest BCUT2D eigenvalue weighted by molar-refractivity contribution is -0.129. The third kappa shape index (κ3) is 6.17. The average molecular weight is 501 g/mol. The van der Waals surface area contributed by atoms with Gasteiger partial charge in [-0.25, -0.2) is 14.4 Å². The van der Waals surface area contributed by atoms with Crippen molar-refractivity contribution in [2.75, 3.05) is 46.1 Å². The number of hydrogen-bond acceptors (Lipinski definition) is 7. The number of hydrogen-bond donors (Lipinski definition) is 2. The van der Waals surface area contributed by atoms with E-state index in [-0.39, 0.29) is 29.3 Å². The normalized spacial score (nSPS) is 14.3. The van der Waals surface area contributed by atoms with Gasteiger partial charge >= 0.3 is 0 Å². The van der Waals surface area contributed by atoms with Crippen LogP contribution in [-0.4, -0.2) is 72.6 Å². The van der Waals surface area contributed by atoms with E-state index in [9.17, 15) is 9.18 Å². The molecule has 0 unspecified atom stereocenters. The van der Waals surface area contributed by atoms with Crippen LogP contribution in [-0.2, 0) is 11.3 Å². The maximum absolute atomic E-state index is 14.5. The van der Waals surface area contributed by atoms with Gasteiger partial charge in [0, 0.05) is 37.7 Å². The maximum Gasteiger partial charge on any atom is 0.236 e. The van der Waals surface area contributed by atoms with E-state index < -0.39 is 5.82 Å². The Morgan fingerprint density at radius 3 is 2.74 bits per heavy atom. The maximum atomic E-state index is 14.5. The standard InChI is InChI=1S/C25H30ClFN6O2/c1-32(2)23(34)14-33(3)13-16-11-18-21(12-22(16)35-17-7-9-28-10-8-17)29-15-30-25(18)31-20-6-4-5-19(26)24(20)27/h4-6,11-12,15,17,28H,7-10,13-14H2,1-3H3,(H,29,30,31). The number of halogens is 2. The van der Waals surface area contributed by atoms with E-state index in [0.717, 1.165) is 37.2 Å². The number of carbonyl (C=O) groups excluding carboxylic acids is 1. The van der Waals surface area contributed by atoms with E-state index in [2.05, 4.69) is 20.6 Å². The molecule has 186 valence electrons. The van der Waals surface area contributed by atoms with Gasteiger partial charge in [-0.05, 0) is 51.2 Å². The van der Waals surface area contributed by atoms with E-state index in [1.165, 1.54) is 12.4 Å². The van der Waals surface area contributed by atoms with E-state index in [4.69, 9.17) is 16.3 Å². The van der Waals surface area contributed by atoms with Crippen LogP contribution in [0.1, 0.15) is 18.4 Å². The number of nitrogens with zero attached hydrogens (tertiary/aromatic N) is 4. The number of nitrogens with one attached hydrogen (secondary N) is 2. The van der Waals surface area contributed by atoms with Crippen LogP contribution in [0.4, 0.5) is 15.9 Å². The largest absolute Gasteiger partial charge is 0.490 e. The molecule has 1 amide bonds. The minimum absolute atomic E-state index is 0.0104. The Kier molecular flexibility index (Phi) is 8.00. The van der Waals surface area contributed by atoms with Crippen LogP contribution in [0.3, 0.4) is 0 Å². The van der Waals surface area contributed by atoms with Gasteiger partial charge in [0.2, 0.25) is 5.91 Å². The topological polar surface area (TPSA) is 82.6 Å². The highest BCUT2D eigenvalue weighted by Gasteiger charge is 2.20. The van der Waals surface area contributed by atoms with E-state index >= 15 is 0 Å². The molecule has 0 radical (unpaired) electrons. The lowest BCUT2D eigenvalue weighted by Crippen LogP contribution is -2.35. The third-order valence-electron chi connectivity index (χ3n) is 5.95. The number of aromatic nitrogens is 2. The fourth-order valence-electron chi connectivity index (χ4n) is 4.00. The molecule has 4 rings (SSSR count). The lowest BCUT2D eigenvalue weighted by Gasteiger charge is -2.26. The number of benzene rings is 2. The highest BCUT2D eigenvalue weighted by Crippen LogP contribution is 2.33. The molecule has 1 aromatic heterocycles. The molecule has 0 aliphatic carbocycles. The van der Waals surface area contributed by atoms with Gasteiger partial charge in [0.15, 0.2) is 5.82 Å². The summed E-state index contributed by atoms with van der Waals surface area (Å²) in [7, 11) is 5.37. The summed E-state index contributed by atoms with van der Waals surface area (Å²) >= 11 is 5.95. The van der Waals surface area contributed by atoms with Gasteiger partial charge in [-0.1, -0.05) is 17.7 Å². The molecule has 1 saturated heterocycles. The van der Waals surface area contributed by atoms with Gasteiger partial charge in [-0.3, -0.25) is 9.69 Å². The van der Waals surface area contributed by atoms with Crippen molar-refractivity contribution in [1.82, 2.24) is 25.1 Å². The van der Waals surface area contributed by atoms with Crippen LogP contribution < -0.4 is 15.4 Å². The van der Waals surface area contributed by atoms with Crippen molar-refractivity contribution in [2.24, 2.45) is 0 Å². The molecule has 35 heavy (non-hydrogen) atoms. The first-order valence-corrected chi connectivity index (χ1v) is 11.9. The summed E-state index contributed by atoms with van der Waals surface area (Å²) in [4.78, 5) is 24.5. The lowest BCUT2D eigenvalue weighted by atomic mass is 10.1. The van der Waals surface area contributed by atoms with Crippen molar-refractivity contribution in [3.05, 3.63) is 53.1 Å². The quantitative estimate of drug-likeness (QED) is 0.486. The predicted octanol–water partition coefficient (Wildman–Crippen LogP) is 3.82. The summed E-state index contributed by atoms with van der Waals surface area (Å²) < 4.78 is 21.0.